The standard InChI is InChI=1S/C17H24N2/c1-3-4-10-17(13-16-8-6-5-7-9-16)15(2)19-12-11-18-14-19/h5-9,11-12,14-15,17H,3-4,10,13H2,1-2H3. The van der Waals surface area contributed by atoms with Crippen LogP contribution in [-0.2, 0) is 6.42 Å². The number of aromatic nitrogens is 2. The zero-order valence-corrected chi connectivity index (χ0v) is 12.0. The van der Waals surface area contributed by atoms with E-state index in [-0.39, 0.29) is 0 Å². The van der Waals surface area contributed by atoms with E-state index in [1.54, 1.807) is 0 Å². The van der Waals surface area contributed by atoms with Gasteiger partial charge in [-0.3, -0.25) is 0 Å². The summed E-state index contributed by atoms with van der Waals surface area (Å²) in [5, 5.41) is 0. The van der Waals surface area contributed by atoms with Gasteiger partial charge in [0.2, 0.25) is 0 Å². The predicted molar refractivity (Wildman–Crippen MR) is 80.1 cm³/mol. The first-order chi connectivity index (χ1) is 9.31. The molecule has 2 atom stereocenters. The van der Waals surface area contributed by atoms with E-state index in [0.29, 0.717) is 12.0 Å². The Hall–Kier alpha value is -1.57. The fraction of sp³-hybridized carbons (Fsp3) is 0.471. The summed E-state index contributed by atoms with van der Waals surface area (Å²) in [6.45, 7) is 4.58. The molecule has 0 aliphatic rings. The SMILES string of the molecule is CCCCC(Cc1ccccc1)C(C)n1ccnc1. The minimum atomic E-state index is 0.509. The van der Waals surface area contributed by atoms with Gasteiger partial charge in [-0.2, -0.15) is 0 Å². The van der Waals surface area contributed by atoms with Crippen molar-refractivity contribution in [1.29, 1.82) is 0 Å². The molecular weight excluding hydrogens is 232 g/mol. The van der Waals surface area contributed by atoms with Crippen LogP contribution in [0.3, 0.4) is 0 Å². The maximum absolute atomic E-state index is 4.18. The predicted octanol–water partition coefficient (Wildman–Crippen LogP) is 4.49. The van der Waals surface area contributed by atoms with Gasteiger partial charge in [0.05, 0.1) is 6.33 Å². The Morgan fingerprint density at radius 2 is 2.00 bits per heavy atom. The van der Waals surface area contributed by atoms with Crippen LogP contribution in [0.15, 0.2) is 49.1 Å². The summed E-state index contributed by atoms with van der Waals surface area (Å²) >= 11 is 0. The molecule has 0 bridgehead atoms. The first-order valence-corrected chi connectivity index (χ1v) is 7.32. The average Bonchev–Trinajstić information content (AvgIpc) is 2.98. The smallest absolute Gasteiger partial charge is 0.0948 e. The van der Waals surface area contributed by atoms with Gasteiger partial charge in [0.1, 0.15) is 0 Å². The fourth-order valence-corrected chi connectivity index (χ4v) is 2.65. The molecule has 0 aliphatic carbocycles. The summed E-state index contributed by atoms with van der Waals surface area (Å²) in [5.41, 5.74) is 1.44. The molecule has 1 heterocycles. The Balaban J connectivity index is 2.07. The van der Waals surface area contributed by atoms with Crippen molar-refractivity contribution in [3.63, 3.8) is 0 Å². The number of rotatable bonds is 7. The van der Waals surface area contributed by atoms with Crippen molar-refractivity contribution in [2.45, 2.75) is 45.6 Å². The third-order valence-electron chi connectivity index (χ3n) is 3.95. The lowest BCUT2D eigenvalue weighted by Gasteiger charge is -2.25. The van der Waals surface area contributed by atoms with Crippen molar-refractivity contribution in [2.75, 3.05) is 0 Å². The van der Waals surface area contributed by atoms with Crippen LogP contribution >= 0.6 is 0 Å². The largest absolute Gasteiger partial charge is 0.334 e. The Labute approximate surface area is 116 Å². The molecule has 0 aliphatic heterocycles. The molecule has 1 aromatic heterocycles. The second-order valence-electron chi connectivity index (χ2n) is 5.34. The van der Waals surface area contributed by atoms with E-state index in [4.69, 9.17) is 0 Å². The van der Waals surface area contributed by atoms with Crippen LogP contribution in [0.5, 0.6) is 0 Å². The third-order valence-corrected chi connectivity index (χ3v) is 3.95. The van der Waals surface area contributed by atoms with Crippen molar-refractivity contribution in [2.24, 2.45) is 5.92 Å². The van der Waals surface area contributed by atoms with Crippen LogP contribution in [0, 0.1) is 5.92 Å². The Morgan fingerprint density at radius 1 is 1.21 bits per heavy atom. The average molecular weight is 256 g/mol. The lowest BCUT2D eigenvalue weighted by Crippen LogP contribution is -2.18. The van der Waals surface area contributed by atoms with E-state index in [1.807, 2.05) is 12.5 Å². The number of hydrogen-bond donors (Lipinski definition) is 0. The van der Waals surface area contributed by atoms with Crippen LogP contribution < -0.4 is 0 Å². The number of unbranched alkanes of at least 4 members (excludes halogenated alkanes) is 1. The summed E-state index contributed by atoms with van der Waals surface area (Å²) in [6.07, 6.45) is 10.9. The molecule has 2 aromatic rings. The Bertz CT molecular complexity index is 447. The first kappa shape index (κ1) is 13.9. The molecular formula is C17H24N2. The third kappa shape index (κ3) is 3.95. The topological polar surface area (TPSA) is 17.8 Å². The molecule has 102 valence electrons. The minimum Gasteiger partial charge on any atom is -0.334 e. The van der Waals surface area contributed by atoms with Crippen LogP contribution in [-0.4, -0.2) is 9.55 Å². The summed E-state index contributed by atoms with van der Waals surface area (Å²) in [6, 6.07) is 11.3. The highest BCUT2D eigenvalue weighted by Gasteiger charge is 2.18. The molecule has 0 saturated heterocycles. The van der Waals surface area contributed by atoms with E-state index in [2.05, 4.69) is 59.9 Å². The van der Waals surface area contributed by atoms with E-state index in [1.165, 1.54) is 24.8 Å². The molecule has 19 heavy (non-hydrogen) atoms. The second kappa shape index (κ2) is 7.13. The maximum atomic E-state index is 4.18. The molecule has 2 heteroatoms. The molecule has 2 nitrogen and oxygen atoms in total. The van der Waals surface area contributed by atoms with E-state index < -0.39 is 0 Å². The van der Waals surface area contributed by atoms with Crippen molar-refractivity contribution >= 4 is 0 Å². The number of benzene rings is 1. The van der Waals surface area contributed by atoms with Gasteiger partial charge in [0, 0.05) is 18.4 Å². The van der Waals surface area contributed by atoms with Gasteiger partial charge in [0.15, 0.2) is 0 Å². The van der Waals surface area contributed by atoms with Crippen molar-refractivity contribution in [3.05, 3.63) is 54.6 Å². The zero-order chi connectivity index (χ0) is 13.5. The highest BCUT2D eigenvalue weighted by atomic mass is 15.0. The summed E-state index contributed by atoms with van der Waals surface area (Å²) in [4.78, 5) is 4.18. The molecule has 0 radical (unpaired) electrons. The van der Waals surface area contributed by atoms with Gasteiger partial charge in [0.25, 0.3) is 0 Å². The Kier molecular flexibility index (Phi) is 5.20. The number of hydrogen-bond acceptors (Lipinski definition) is 1. The second-order valence-corrected chi connectivity index (χ2v) is 5.34. The van der Waals surface area contributed by atoms with Gasteiger partial charge in [-0.1, -0.05) is 50.1 Å². The quantitative estimate of drug-likeness (QED) is 0.713. The van der Waals surface area contributed by atoms with Gasteiger partial charge in [-0.25, -0.2) is 4.98 Å². The lowest BCUT2D eigenvalue weighted by atomic mass is 9.88. The van der Waals surface area contributed by atoms with Crippen LogP contribution in [0.4, 0.5) is 0 Å². The molecule has 0 N–H and O–H groups in total. The molecule has 0 fully saturated rings. The molecule has 0 saturated carbocycles. The Morgan fingerprint density at radius 3 is 2.63 bits per heavy atom. The summed E-state index contributed by atoms with van der Waals surface area (Å²) in [7, 11) is 0. The van der Waals surface area contributed by atoms with E-state index in [9.17, 15) is 0 Å². The lowest BCUT2D eigenvalue weighted by molar-refractivity contribution is 0.322. The van der Waals surface area contributed by atoms with Crippen molar-refractivity contribution in [1.82, 2.24) is 9.55 Å². The van der Waals surface area contributed by atoms with E-state index >= 15 is 0 Å². The molecule has 1 aromatic carbocycles. The van der Waals surface area contributed by atoms with Gasteiger partial charge in [-0.05, 0) is 31.2 Å². The molecule has 0 amide bonds. The highest BCUT2D eigenvalue weighted by molar-refractivity contribution is 5.15. The molecule has 2 unspecified atom stereocenters. The molecule has 2 rings (SSSR count). The minimum absolute atomic E-state index is 0.509. The van der Waals surface area contributed by atoms with Gasteiger partial charge >= 0.3 is 0 Å². The number of nitrogens with zero attached hydrogens (tertiary/aromatic N) is 2. The van der Waals surface area contributed by atoms with Crippen molar-refractivity contribution < 1.29 is 0 Å². The monoisotopic (exact) mass is 256 g/mol. The maximum Gasteiger partial charge on any atom is 0.0948 e. The van der Waals surface area contributed by atoms with Gasteiger partial charge < -0.3 is 4.57 Å². The highest BCUT2D eigenvalue weighted by Crippen LogP contribution is 2.26. The normalized spacial score (nSPS) is 14.2. The van der Waals surface area contributed by atoms with Crippen LogP contribution in [0.25, 0.3) is 0 Å². The van der Waals surface area contributed by atoms with Gasteiger partial charge in [-0.15, -0.1) is 0 Å². The molecule has 0 spiro atoms. The van der Waals surface area contributed by atoms with E-state index in [0.717, 1.165) is 6.42 Å². The summed E-state index contributed by atoms with van der Waals surface area (Å²) < 4.78 is 2.24. The van der Waals surface area contributed by atoms with Crippen LogP contribution in [0.1, 0.15) is 44.7 Å². The number of imidazole rings is 1. The summed E-state index contributed by atoms with van der Waals surface area (Å²) in [5.74, 6) is 0.677. The van der Waals surface area contributed by atoms with Crippen LogP contribution in [0.2, 0.25) is 0 Å². The zero-order valence-electron chi connectivity index (χ0n) is 12.0. The first-order valence-electron chi connectivity index (χ1n) is 7.32. The fourth-order valence-electron chi connectivity index (χ4n) is 2.65. The van der Waals surface area contributed by atoms with Crippen molar-refractivity contribution in [3.8, 4) is 0 Å².